The van der Waals surface area contributed by atoms with Gasteiger partial charge in [-0.1, -0.05) is 19.2 Å². The second-order valence-corrected chi connectivity index (χ2v) is 4.90. The van der Waals surface area contributed by atoms with Crippen molar-refractivity contribution in [1.82, 2.24) is 0 Å². The molecule has 0 N–H and O–H groups in total. The molecule has 1 rings (SSSR count). The molecule has 1 radical (unpaired) electrons. The Kier molecular flexibility index (Phi) is 5.42. The summed E-state index contributed by atoms with van der Waals surface area (Å²) in [5.41, 5.74) is 0. The van der Waals surface area contributed by atoms with E-state index in [1.165, 1.54) is 24.3 Å². The molecule has 0 aromatic heterocycles. The summed E-state index contributed by atoms with van der Waals surface area (Å²) in [6.45, 7) is 5.64. The molecule has 0 aliphatic carbocycles. The third-order valence-corrected chi connectivity index (χ3v) is 4.08. The van der Waals surface area contributed by atoms with E-state index < -0.39 is 0 Å². The van der Waals surface area contributed by atoms with Gasteiger partial charge >= 0.3 is 0 Å². The zero-order chi connectivity index (χ0) is 9.68. The Balaban J connectivity index is 2.53. The zero-order valence-corrected chi connectivity index (χ0v) is 10.5. The maximum absolute atomic E-state index is 4.58. The molecule has 73 valence electrons. The van der Waals surface area contributed by atoms with Gasteiger partial charge in [0.15, 0.2) is 0 Å². The van der Waals surface area contributed by atoms with Crippen LogP contribution in [0.25, 0.3) is 0 Å². The minimum atomic E-state index is 0.766. The Morgan fingerprint density at radius 1 is 1.54 bits per heavy atom. The molecule has 3 atom stereocenters. The second kappa shape index (κ2) is 6.08. The normalized spacial score (nSPS) is 30.2. The molecule has 13 heavy (non-hydrogen) atoms. The molecule has 1 aliphatic heterocycles. The highest BCUT2D eigenvalue weighted by Crippen LogP contribution is 2.30. The fourth-order valence-electron chi connectivity index (χ4n) is 1.71. The molecular formula is C9H18BNPS. The molecule has 0 amide bonds. The van der Waals surface area contributed by atoms with Crippen molar-refractivity contribution in [2.24, 2.45) is 10.9 Å². The number of hydrogen-bond donors (Lipinski definition) is 0. The van der Waals surface area contributed by atoms with Crippen molar-refractivity contribution in [2.75, 3.05) is 12.8 Å². The molecule has 0 aromatic carbocycles. The van der Waals surface area contributed by atoms with Crippen LogP contribution in [0.4, 0.5) is 0 Å². The SMILES string of the molecule is CSC1=NCCC(C)C([B]P)CC1. The van der Waals surface area contributed by atoms with Crippen LogP contribution in [0.3, 0.4) is 0 Å². The summed E-state index contributed by atoms with van der Waals surface area (Å²) in [5.74, 6) is 1.56. The van der Waals surface area contributed by atoms with E-state index in [9.17, 15) is 0 Å². The molecule has 0 saturated heterocycles. The van der Waals surface area contributed by atoms with Crippen LogP contribution in [0, 0.1) is 5.92 Å². The number of hydrogen-bond acceptors (Lipinski definition) is 2. The molecule has 0 saturated carbocycles. The fourth-order valence-corrected chi connectivity index (χ4v) is 2.83. The van der Waals surface area contributed by atoms with Gasteiger partial charge in [-0.3, -0.25) is 4.99 Å². The predicted octanol–water partition coefficient (Wildman–Crippen LogP) is 2.85. The van der Waals surface area contributed by atoms with Gasteiger partial charge in [0.25, 0.3) is 0 Å². The Bertz CT molecular complexity index is 186. The lowest BCUT2D eigenvalue weighted by atomic mass is 9.71. The van der Waals surface area contributed by atoms with Gasteiger partial charge in [-0.15, -0.1) is 11.8 Å². The molecular weight excluding hydrogens is 196 g/mol. The Hall–Kier alpha value is 0.515. The van der Waals surface area contributed by atoms with E-state index in [0.717, 1.165) is 18.3 Å². The predicted molar refractivity (Wildman–Crippen MR) is 68.0 cm³/mol. The highest BCUT2D eigenvalue weighted by atomic mass is 32.2. The molecule has 1 aliphatic rings. The smallest absolute Gasteiger partial charge is 0.141 e. The van der Waals surface area contributed by atoms with Crippen LogP contribution >= 0.6 is 20.9 Å². The molecule has 4 heteroatoms. The third-order valence-electron chi connectivity index (χ3n) is 2.78. The van der Waals surface area contributed by atoms with Crippen LogP contribution in [0.15, 0.2) is 4.99 Å². The molecule has 1 nitrogen and oxygen atoms in total. The molecule has 1 heterocycles. The fraction of sp³-hybridized carbons (Fsp3) is 0.889. The van der Waals surface area contributed by atoms with E-state index in [2.05, 4.69) is 34.3 Å². The lowest BCUT2D eigenvalue weighted by Gasteiger charge is -2.23. The Morgan fingerprint density at radius 3 is 2.92 bits per heavy atom. The van der Waals surface area contributed by atoms with Gasteiger partial charge in [-0.25, -0.2) is 0 Å². The first-order valence-electron chi connectivity index (χ1n) is 4.90. The quantitative estimate of drug-likeness (QED) is 0.483. The van der Waals surface area contributed by atoms with Crippen molar-refractivity contribution in [1.29, 1.82) is 0 Å². The molecule has 0 fully saturated rings. The number of rotatable bonds is 1. The highest BCUT2D eigenvalue weighted by molar-refractivity contribution is 8.13. The van der Waals surface area contributed by atoms with Crippen LogP contribution in [-0.2, 0) is 0 Å². The van der Waals surface area contributed by atoms with Crippen LogP contribution in [0.2, 0.25) is 5.82 Å². The van der Waals surface area contributed by atoms with E-state index >= 15 is 0 Å². The van der Waals surface area contributed by atoms with E-state index in [4.69, 9.17) is 0 Å². The lowest BCUT2D eigenvalue weighted by molar-refractivity contribution is 0.479. The summed E-state index contributed by atoms with van der Waals surface area (Å²) in [6.07, 6.45) is 5.80. The zero-order valence-electron chi connectivity index (χ0n) is 8.49. The Morgan fingerprint density at radius 2 is 2.31 bits per heavy atom. The van der Waals surface area contributed by atoms with Crippen molar-refractivity contribution in [3.63, 3.8) is 0 Å². The van der Waals surface area contributed by atoms with E-state index in [-0.39, 0.29) is 0 Å². The van der Waals surface area contributed by atoms with E-state index in [1.54, 1.807) is 0 Å². The maximum atomic E-state index is 4.58. The van der Waals surface area contributed by atoms with Gasteiger partial charge in [-0.2, -0.15) is 9.12 Å². The van der Waals surface area contributed by atoms with E-state index in [1.807, 2.05) is 11.8 Å². The molecule has 0 aromatic rings. The van der Waals surface area contributed by atoms with Crippen LogP contribution in [0.5, 0.6) is 0 Å². The lowest BCUT2D eigenvalue weighted by Crippen LogP contribution is -2.14. The van der Waals surface area contributed by atoms with E-state index in [0.29, 0.717) is 0 Å². The van der Waals surface area contributed by atoms with Crippen LogP contribution in [0.1, 0.15) is 26.2 Å². The summed E-state index contributed by atoms with van der Waals surface area (Å²) in [5, 5.41) is 1.34. The van der Waals surface area contributed by atoms with Crippen molar-refractivity contribution >= 4 is 32.9 Å². The number of aliphatic imine (C=N–C) groups is 1. The first-order valence-corrected chi connectivity index (χ1v) is 6.79. The van der Waals surface area contributed by atoms with Gasteiger partial charge in [0, 0.05) is 6.54 Å². The standard InChI is InChI=1S/C9H18BNPS/c1-7-5-6-11-9(13-2)4-3-8(7)10-12/h7-8H,3-6,12H2,1-2H3. The number of nitrogens with zero attached hydrogens (tertiary/aromatic N) is 1. The van der Waals surface area contributed by atoms with Crippen LogP contribution < -0.4 is 0 Å². The highest BCUT2D eigenvalue weighted by Gasteiger charge is 2.18. The average Bonchev–Trinajstić information content (AvgIpc) is 2.12. The van der Waals surface area contributed by atoms with Gasteiger partial charge in [-0.05, 0) is 25.0 Å². The van der Waals surface area contributed by atoms with Gasteiger partial charge in [0.05, 0.1) is 5.04 Å². The topological polar surface area (TPSA) is 12.4 Å². The Labute approximate surface area is 88.9 Å². The maximum Gasteiger partial charge on any atom is 0.141 e. The number of thioether (sulfide) groups is 1. The third kappa shape index (κ3) is 3.63. The summed E-state index contributed by atoms with van der Waals surface area (Å²) in [6, 6.07) is 0. The van der Waals surface area contributed by atoms with Crippen molar-refractivity contribution in [2.45, 2.75) is 32.0 Å². The molecule has 0 bridgehead atoms. The first kappa shape index (κ1) is 11.6. The van der Waals surface area contributed by atoms with Gasteiger partial charge in [0.2, 0.25) is 0 Å². The van der Waals surface area contributed by atoms with Gasteiger partial charge in [0.1, 0.15) is 7.00 Å². The first-order chi connectivity index (χ1) is 6.27. The second-order valence-electron chi connectivity index (χ2n) is 3.64. The minimum Gasteiger partial charge on any atom is -0.283 e. The van der Waals surface area contributed by atoms with Crippen molar-refractivity contribution < 1.29 is 0 Å². The monoisotopic (exact) mass is 214 g/mol. The molecule has 0 spiro atoms. The minimum absolute atomic E-state index is 0.766. The van der Waals surface area contributed by atoms with Crippen LogP contribution in [-0.4, -0.2) is 24.8 Å². The van der Waals surface area contributed by atoms with Gasteiger partial charge < -0.3 is 0 Å². The summed E-state index contributed by atoms with van der Waals surface area (Å²) < 4.78 is 0. The molecule has 3 unspecified atom stereocenters. The summed E-state index contributed by atoms with van der Waals surface area (Å²) in [4.78, 5) is 4.58. The van der Waals surface area contributed by atoms with Crippen molar-refractivity contribution in [3.05, 3.63) is 0 Å². The van der Waals surface area contributed by atoms with Crippen molar-refractivity contribution in [3.8, 4) is 0 Å². The largest absolute Gasteiger partial charge is 0.283 e. The summed E-state index contributed by atoms with van der Waals surface area (Å²) in [7, 11) is 2.77. The summed E-state index contributed by atoms with van der Waals surface area (Å²) >= 11 is 1.81. The average molecular weight is 214 g/mol.